The van der Waals surface area contributed by atoms with Gasteiger partial charge < -0.3 is 11.1 Å². The average molecular weight is 208 g/mol. The highest BCUT2D eigenvalue weighted by atomic mass is 32.1. The van der Waals surface area contributed by atoms with E-state index >= 15 is 0 Å². The third-order valence-electron chi connectivity index (χ3n) is 2.14. The minimum atomic E-state index is 0.551. The zero-order valence-electron chi connectivity index (χ0n) is 8.16. The van der Waals surface area contributed by atoms with Gasteiger partial charge in [0.15, 0.2) is 0 Å². The number of nitrogens with two attached hydrogens (primary N) is 1. The molecule has 0 spiro atoms. The molecule has 0 aliphatic heterocycles. The van der Waals surface area contributed by atoms with Gasteiger partial charge in [-0.2, -0.15) is 0 Å². The lowest BCUT2D eigenvalue weighted by atomic mass is 10.2. The number of hydrogen-bond donors (Lipinski definition) is 2. The Balaban J connectivity index is 2.82. The van der Waals surface area contributed by atoms with E-state index in [9.17, 15) is 0 Å². The monoisotopic (exact) mass is 208 g/mol. The predicted molar refractivity (Wildman–Crippen MR) is 60.8 cm³/mol. The lowest BCUT2D eigenvalue weighted by molar-refractivity contribution is 1.17. The van der Waals surface area contributed by atoms with Gasteiger partial charge in [0.2, 0.25) is 0 Å². The second-order valence-electron chi connectivity index (χ2n) is 2.94. The van der Waals surface area contributed by atoms with Crippen LogP contribution in [0.4, 0.5) is 10.8 Å². The summed E-state index contributed by atoms with van der Waals surface area (Å²) < 4.78 is 0. The summed E-state index contributed by atoms with van der Waals surface area (Å²) >= 11 is 1.69. The Morgan fingerprint density at radius 2 is 2.29 bits per heavy atom. The average Bonchev–Trinajstić information content (AvgIpc) is 2.57. The van der Waals surface area contributed by atoms with Gasteiger partial charge in [0.05, 0.1) is 10.9 Å². The Kier molecular flexibility index (Phi) is 2.25. The maximum absolute atomic E-state index is 5.82. The van der Waals surface area contributed by atoms with E-state index in [2.05, 4.69) is 22.2 Å². The maximum Gasteiger partial charge on any atom is 0.137 e. The van der Waals surface area contributed by atoms with Gasteiger partial charge in [-0.15, -0.1) is 11.3 Å². The second kappa shape index (κ2) is 3.42. The van der Waals surface area contributed by atoms with Crippen LogP contribution in [0.15, 0.2) is 6.33 Å². The van der Waals surface area contributed by atoms with E-state index in [-0.39, 0.29) is 0 Å². The topological polar surface area (TPSA) is 63.8 Å². The third kappa shape index (κ3) is 1.21. The van der Waals surface area contributed by atoms with Crippen LogP contribution in [0, 0.1) is 0 Å². The van der Waals surface area contributed by atoms with Gasteiger partial charge in [0.1, 0.15) is 17.1 Å². The van der Waals surface area contributed by atoms with Crippen LogP contribution in [0.2, 0.25) is 0 Å². The van der Waals surface area contributed by atoms with Gasteiger partial charge in [-0.05, 0) is 6.42 Å². The van der Waals surface area contributed by atoms with Crippen LogP contribution in [0.5, 0.6) is 0 Å². The van der Waals surface area contributed by atoms with Crippen molar-refractivity contribution in [1.82, 2.24) is 9.97 Å². The fraction of sp³-hybridized carbons (Fsp3) is 0.333. The Bertz CT molecular complexity index is 463. The summed E-state index contributed by atoms with van der Waals surface area (Å²) in [6.07, 6.45) is 2.49. The van der Waals surface area contributed by atoms with Crippen molar-refractivity contribution in [3.63, 3.8) is 0 Å². The maximum atomic E-state index is 5.82. The number of fused-ring (bicyclic) bond motifs is 1. The Morgan fingerprint density at radius 3 is 2.93 bits per heavy atom. The Labute approximate surface area is 86.2 Å². The largest absolute Gasteiger partial charge is 0.383 e. The highest BCUT2D eigenvalue weighted by Gasteiger charge is 2.12. The minimum Gasteiger partial charge on any atom is -0.383 e. The van der Waals surface area contributed by atoms with E-state index in [0.717, 1.165) is 22.3 Å². The first-order valence-electron chi connectivity index (χ1n) is 4.47. The molecule has 0 amide bonds. The van der Waals surface area contributed by atoms with Crippen LogP contribution in [0.3, 0.4) is 0 Å². The highest BCUT2D eigenvalue weighted by Crippen LogP contribution is 2.36. The van der Waals surface area contributed by atoms with Crippen molar-refractivity contribution in [2.24, 2.45) is 0 Å². The number of thiophene rings is 1. The summed E-state index contributed by atoms with van der Waals surface area (Å²) in [6.45, 7) is 2.11. The molecular weight excluding hydrogens is 196 g/mol. The number of aryl methyl sites for hydroxylation is 1. The van der Waals surface area contributed by atoms with Gasteiger partial charge in [-0.1, -0.05) is 6.92 Å². The number of rotatable bonds is 2. The molecule has 3 N–H and O–H groups in total. The molecule has 0 aliphatic carbocycles. The lowest BCUT2D eigenvalue weighted by Crippen LogP contribution is -1.94. The molecule has 0 fully saturated rings. The van der Waals surface area contributed by atoms with E-state index in [1.807, 2.05) is 7.05 Å². The van der Waals surface area contributed by atoms with E-state index in [0.29, 0.717) is 5.82 Å². The van der Waals surface area contributed by atoms with Gasteiger partial charge in [0, 0.05) is 11.9 Å². The molecule has 2 heterocycles. The summed E-state index contributed by atoms with van der Waals surface area (Å²) in [5.74, 6) is 0.551. The van der Waals surface area contributed by atoms with Crippen LogP contribution in [0.1, 0.15) is 11.8 Å². The third-order valence-corrected chi connectivity index (χ3v) is 3.48. The van der Waals surface area contributed by atoms with Crippen LogP contribution in [-0.4, -0.2) is 17.0 Å². The van der Waals surface area contributed by atoms with E-state index in [1.54, 1.807) is 11.3 Å². The molecule has 2 aromatic rings. The first-order valence-corrected chi connectivity index (χ1v) is 5.29. The molecule has 14 heavy (non-hydrogen) atoms. The zero-order valence-corrected chi connectivity index (χ0v) is 8.98. The van der Waals surface area contributed by atoms with Crippen LogP contribution >= 0.6 is 11.3 Å². The van der Waals surface area contributed by atoms with Crippen molar-refractivity contribution in [3.05, 3.63) is 11.2 Å². The normalized spacial score (nSPS) is 10.7. The summed E-state index contributed by atoms with van der Waals surface area (Å²) in [6, 6.07) is 0. The molecule has 0 saturated heterocycles. The van der Waals surface area contributed by atoms with Gasteiger partial charge in [-0.25, -0.2) is 9.97 Å². The zero-order chi connectivity index (χ0) is 10.1. The molecule has 2 aromatic heterocycles. The molecule has 74 valence electrons. The van der Waals surface area contributed by atoms with Crippen molar-refractivity contribution in [2.75, 3.05) is 18.1 Å². The summed E-state index contributed by atoms with van der Waals surface area (Å²) in [5, 5.41) is 5.13. The molecular formula is C9H12N4S. The number of hydrogen-bond acceptors (Lipinski definition) is 5. The van der Waals surface area contributed by atoms with Gasteiger partial charge in [-0.3, -0.25) is 0 Å². The minimum absolute atomic E-state index is 0.551. The first-order chi connectivity index (χ1) is 6.77. The number of nitrogen functional groups attached to an aromatic ring is 1. The number of nitrogens with zero attached hydrogens (tertiary/aromatic N) is 2. The standard InChI is InChI=1S/C9H12N4S/c1-3-5-7-6(9(11-2)14-5)8(10)13-4-12-7/h4,11H,3H2,1-2H3,(H2,10,12,13). The van der Waals surface area contributed by atoms with Crippen LogP contribution < -0.4 is 11.1 Å². The second-order valence-corrected chi connectivity index (χ2v) is 4.05. The number of anilines is 2. The lowest BCUT2D eigenvalue weighted by Gasteiger charge is -1.98. The Hall–Kier alpha value is -1.36. The molecule has 0 radical (unpaired) electrons. The molecule has 2 rings (SSSR count). The van der Waals surface area contributed by atoms with E-state index in [4.69, 9.17) is 5.73 Å². The first kappa shape index (κ1) is 9.21. The SMILES string of the molecule is CCc1sc(NC)c2c(N)ncnc12. The van der Waals surface area contributed by atoms with Crippen molar-refractivity contribution < 1.29 is 0 Å². The van der Waals surface area contributed by atoms with Crippen molar-refractivity contribution in [1.29, 1.82) is 0 Å². The van der Waals surface area contributed by atoms with E-state index in [1.165, 1.54) is 11.2 Å². The predicted octanol–water partition coefficient (Wildman–Crippen LogP) is 1.88. The van der Waals surface area contributed by atoms with Crippen molar-refractivity contribution in [2.45, 2.75) is 13.3 Å². The number of nitrogens with one attached hydrogen (secondary N) is 1. The molecule has 4 nitrogen and oxygen atoms in total. The summed E-state index contributed by atoms with van der Waals surface area (Å²) in [7, 11) is 1.89. The van der Waals surface area contributed by atoms with Crippen molar-refractivity contribution >= 4 is 33.1 Å². The van der Waals surface area contributed by atoms with Crippen LogP contribution in [0.25, 0.3) is 10.9 Å². The number of aromatic nitrogens is 2. The highest BCUT2D eigenvalue weighted by molar-refractivity contribution is 7.18. The van der Waals surface area contributed by atoms with Crippen LogP contribution in [-0.2, 0) is 6.42 Å². The molecule has 0 bridgehead atoms. The molecule has 5 heteroatoms. The fourth-order valence-electron chi connectivity index (χ4n) is 1.47. The molecule has 0 aliphatic rings. The molecule has 0 saturated carbocycles. The van der Waals surface area contributed by atoms with E-state index < -0.39 is 0 Å². The molecule has 0 aromatic carbocycles. The summed E-state index contributed by atoms with van der Waals surface area (Å²) in [5.41, 5.74) is 6.80. The fourth-order valence-corrected chi connectivity index (χ4v) is 2.52. The van der Waals surface area contributed by atoms with Gasteiger partial charge >= 0.3 is 0 Å². The van der Waals surface area contributed by atoms with Crippen molar-refractivity contribution in [3.8, 4) is 0 Å². The smallest absolute Gasteiger partial charge is 0.137 e. The summed E-state index contributed by atoms with van der Waals surface area (Å²) in [4.78, 5) is 9.51. The quantitative estimate of drug-likeness (QED) is 0.791. The Morgan fingerprint density at radius 1 is 1.50 bits per heavy atom. The molecule has 0 atom stereocenters. The molecule has 0 unspecified atom stereocenters. The van der Waals surface area contributed by atoms with Gasteiger partial charge in [0.25, 0.3) is 0 Å².